The van der Waals surface area contributed by atoms with Crippen molar-refractivity contribution in [2.45, 2.75) is 46.1 Å². The predicted molar refractivity (Wildman–Crippen MR) is 71.6 cm³/mol. The standard InChI is InChI=1S/C13H21N3O4/c1-9(2)16(6-4-5-14)13(20)15-11(17)7-10(3)8-12(18)19/h9-10H,4,6-8H2,1-3H3,(H,18,19)(H,15,17,20). The number of nitriles is 1. The summed E-state index contributed by atoms with van der Waals surface area (Å²) in [5.74, 6) is -1.83. The Hall–Kier alpha value is -2.10. The number of imide groups is 1. The highest BCUT2D eigenvalue weighted by Crippen LogP contribution is 2.07. The molecular weight excluding hydrogens is 262 g/mol. The lowest BCUT2D eigenvalue weighted by molar-refractivity contribution is -0.138. The van der Waals surface area contributed by atoms with Crippen LogP contribution in [0.2, 0.25) is 0 Å². The highest BCUT2D eigenvalue weighted by molar-refractivity contribution is 5.94. The number of carboxylic acid groups (broad SMARTS) is 1. The first-order chi connectivity index (χ1) is 9.27. The fourth-order valence-electron chi connectivity index (χ4n) is 1.69. The Kier molecular flexibility index (Phi) is 7.97. The van der Waals surface area contributed by atoms with Gasteiger partial charge in [0.2, 0.25) is 5.91 Å². The summed E-state index contributed by atoms with van der Waals surface area (Å²) in [5.41, 5.74) is 0. The Balaban J connectivity index is 4.38. The SMILES string of the molecule is CC(CC(=O)O)CC(=O)NC(=O)N(CCC#N)C(C)C. The largest absolute Gasteiger partial charge is 0.481 e. The van der Waals surface area contributed by atoms with Gasteiger partial charge in [-0.1, -0.05) is 6.92 Å². The van der Waals surface area contributed by atoms with Crippen LogP contribution in [0.15, 0.2) is 0 Å². The molecule has 0 heterocycles. The number of carbonyl (C=O) groups excluding carboxylic acids is 2. The van der Waals surface area contributed by atoms with Crippen molar-refractivity contribution in [3.8, 4) is 6.07 Å². The summed E-state index contributed by atoms with van der Waals surface area (Å²) < 4.78 is 0. The zero-order chi connectivity index (χ0) is 15.7. The molecule has 0 rings (SSSR count). The Morgan fingerprint density at radius 1 is 1.25 bits per heavy atom. The quantitative estimate of drug-likeness (QED) is 0.732. The molecule has 7 heteroatoms. The molecule has 0 spiro atoms. The second-order valence-corrected chi connectivity index (χ2v) is 4.96. The summed E-state index contributed by atoms with van der Waals surface area (Å²) >= 11 is 0. The molecule has 3 amide bonds. The molecule has 0 aliphatic carbocycles. The third kappa shape index (κ3) is 7.36. The molecule has 7 nitrogen and oxygen atoms in total. The minimum atomic E-state index is -0.977. The van der Waals surface area contributed by atoms with Gasteiger partial charge in [0, 0.05) is 25.4 Å². The van der Waals surface area contributed by atoms with E-state index in [1.165, 1.54) is 4.90 Å². The minimum absolute atomic E-state index is 0.0256. The lowest BCUT2D eigenvalue weighted by atomic mass is 10.0. The van der Waals surface area contributed by atoms with E-state index in [1.807, 2.05) is 6.07 Å². The Morgan fingerprint density at radius 2 is 1.85 bits per heavy atom. The lowest BCUT2D eigenvalue weighted by Gasteiger charge is -2.25. The molecule has 0 aliphatic heterocycles. The lowest BCUT2D eigenvalue weighted by Crippen LogP contribution is -2.46. The van der Waals surface area contributed by atoms with Gasteiger partial charge in [-0.3, -0.25) is 14.9 Å². The van der Waals surface area contributed by atoms with Crippen LogP contribution in [0.1, 0.15) is 40.0 Å². The Labute approximate surface area is 118 Å². The molecule has 0 aromatic rings. The van der Waals surface area contributed by atoms with Crippen LogP contribution in [0.25, 0.3) is 0 Å². The molecule has 2 N–H and O–H groups in total. The van der Waals surface area contributed by atoms with Gasteiger partial charge in [0.05, 0.1) is 12.5 Å². The first-order valence-corrected chi connectivity index (χ1v) is 6.47. The topological polar surface area (TPSA) is 110 Å². The molecular formula is C13H21N3O4. The second-order valence-electron chi connectivity index (χ2n) is 4.96. The molecule has 0 aromatic heterocycles. The second kappa shape index (κ2) is 8.91. The predicted octanol–water partition coefficient (Wildman–Crippen LogP) is 1.35. The molecule has 20 heavy (non-hydrogen) atoms. The van der Waals surface area contributed by atoms with Crippen molar-refractivity contribution in [1.82, 2.24) is 10.2 Å². The molecule has 1 unspecified atom stereocenters. The van der Waals surface area contributed by atoms with E-state index in [0.717, 1.165) is 0 Å². The zero-order valence-corrected chi connectivity index (χ0v) is 12.0. The maximum absolute atomic E-state index is 11.9. The van der Waals surface area contributed by atoms with Crippen LogP contribution in [0.3, 0.4) is 0 Å². The first kappa shape index (κ1) is 17.9. The average molecular weight is 283 g/mol. The van der Waals surface area contributed by atoms with Crippen molar-refractivity contribution in [2.75, 3.05) is 6.54 Å². The molecule has 0 fully saturated rings. The van der Waals surface area contributed by atoms with Crippen molar-refractivity contribution < 1.29 is 19.5 Å². The van der Waals surface area contributed by atoms with Gasteiger partial charge >= 0.3 is 12.0 Å². The number of aliphatic carboxylic acids is 1. The third-order valence-electron chi connectivity index (χ3n) is 2.65. The van der Waals surface area contributed by atoms with Gasteiger partial charge in [-0.25, -0.2) is 4.79 Å². The zero-order valence-electron chi connectivity index (χ0n) is 12.0. The van der Waals surface area contributed by atoms with Crippen molar-refractivity contribution >= 4 is 17.9 Å². The van der Waals surface area contributed by atoms with E-state index in [0.29, 0.717) is 0 Å². The van der Waals surface area contributed by atoms with Crippen molar-refractivity contribution in [3.63, 3.8) is 0 Å². The van der Waals surface area contributed by atoms with Crippen LogP contribution in [0, 0.1) is 17.2 Å². The maximum Gasteiger partial charge on any atom is 0.324 e. The van der Waals surface area contributed by atoms with E-state index >= 15 is 0 Å². The van der Waals surface area contributed by atoms with Crippen LogP contribution in [0.5, 0.6) is 0 Å². The van der Waals surface area contributed by atoms with Crippen LogP contribution < -0.4 is 5.32 Å². The molecule has 112 valence electrons. The number of carbonyl (C=O) groups is 3. The van der Waals surface area contributed by atoms with Gasteiger partial charge in [-0.05, 0) is 19.8 Å². The number of amides is 3. The van der Waals surface area contributed by atoms with Gasteiger partial charge in [0.15, 0.2) is 0 Å². The Morgan fingerprint density at radius 3 is 2.30 bits per heavy atom. The van der Waals surface area contributed by atoms with E-state index in [2.05, 4.69) is 5.32 Å². The van der Waals surface area contributed by atoms with Crippen LogP contribution >= 0.6 is 0 Å². The van der Waals surface area contributed by atoms with Gasteiger partial charge in [-0.2, -0.15) is 5.26 Å². The van der Waals surface area contributed by atoms with Crippen LogP contribution in [-0.2, 0) is 9.59 Å². The number of urea groups is 1. The third-order valence-corrected chi connectivity index (χ3v) is 2.65. The van der Waals surface area contributed by atoms with Gasteiger partial charge in [0.25, 0.3) is 0 Å². The van der Waals surface area contributed by atoms with E-state index < -0.39 is 17.9 Å². The average Bonchev–Trinajstić information content (AvgIpc) is 2.26. The van der Waals surface area contributed by atoms with E-state index in [-0.39, 0.29) is 37.8 Å². The van der Waals surface area contributed by atoms with Crippen LogP contribution in [0.4, 0.5) is 4.79 Å². The molecule has 1 atom stereocenters. The van der Waals surface area contributed by atoms with Crippen molar-refractivity contribution in [2.24, 2.45) is 5.92 Å². The fourth-order valence-corrected chi connectivity index (χ4v) is 1.69. The summed E-state index contributed by atoms with van der Waals surface area (Å²) in [6.45, 7) is 5.45. The number of hydrogen-bond donors (Lipinski definition) is 2. The number of nitrogens with zero attached hydrogens (tertiary/aromatic N) is 2. The number of hydrogen-bond acceptors (Lipinski definition) is 4. The Bertz CT molecular complexity index is 401. The molecule has 0 bridgehead atoms. The highest BCUT2D eigenvalue weighted by atomic mass is 16.4. The molecule has 0 saturated heterocycles. The van der Waals surface area contributed by atoms with Gasteiger partial charge in [-0.15, -0.1) is 0 Å². The van der Waals surface area contributed by atoms with Gasteiger partial charge < -0.3 is 10.0 Å². The maximum atomic E-state index is 11.9. The highest BCUT2D eigenvalue weighted by Gasteiger charge is 2.20. The molecule has 0 aromatic carbocycles. The van der Waals surface area contributed by atoms with Crippen LogP contribution in [-0.4, -0.2) is 40.5 Å². The van der Waals surface area contributed by atoms with Gasteiger partial charge in [0.1, 0.15) is 0 Å². The molecule has 0 saturated carbocycles. The van der Waals surface area contributed by atoms with E-state index in [4.69, 9.17) is 10.4 Å². The summed E-state index contributed by atoms with van der Waals surface area (Å²) in [4.78, 5) is 35.4. The summed E-state index contributed by atoms with van der Waals surface area (Å²) in [6.07, 6.45) is 0.0430. The monoisotopic (exact) mass is 283 g/mol. The first-order valence-electron chi connectivity index (χ1n) is 6.47. The minimum Gasteiger partial charge on any atom is -0.481 e. The summed E-state index contributed by atoms with van der Waals surface area (Å²) in [5, 5.41) is 19.4. The van der Waals surface area contributed by atoms with E-state index in [9.17, 15) is 14.4 Å². The molecule has 0 aliphatic rings. The van der Waals surface area contributed by atoms with Crippen molar-refractivity contribution in [3.05, 3.63) is 0 Å². The number of rotatable bonds is 7. The van der Waals surface area contributed by atoms with E-state index in [1.54, 1.807) is 20.8 Å². The summed E-state index contributed by atoms with van der Waals surface area (Å²) in [6, 6.07) is 1.26. The summed E-state index contributed by atoms with van der Waals surface area (Å²) in [7, 11) is 0. The normalized spacial score (nSPS) is 11.6. The van der Waals surface area contributed by atoms with Crippen molar-refractivity contribution in [1.29, 1.82) is 5.26 Å². The number of carboxylic acids is 1. The molecule has 0 radical (unpaired) electrons. The fraction of sp³-hybridized carbons (Fsp3) is 0.692. The smallest absolute Gasteiger partial charge is 0.324 e. The number of nitrogens with one attached hydrogen (secondary N) is 1.